The summed E-state index contributed by atoms with van der Waals surface area (Å²) in [5.41, 5.74) is 6.96. The molecule has 2 heterocycles. The van der Waals surface area contributed by atoms with Crippen LogP contribution in [0.15, 0.2) is 63.5 Å². The summed E-state index contributed by atoms with van der Waals surface area (Å²) in [5.74, 6) is 0.192. The number of amides is 1. The fraction of sp³-hybridized carbons (Fsp3) is 0.310. The second-order valence-electron chi connectivity index (χ2n) is 8.67. The van der Waals surface area contributed by atoms with Gasteiger partial charge < -0.3 is 24.7 Å². The molecule has 0 spiro atoms. The number of benzene rings is 2. The summed E-state index contributed by atoms with van der Waals surface area (Å²) >= 11 is 1.21. The van der Waals surface area contributed by atoms with E-state index in [0.717, 1.165) is 0 Å². The SMILES string of the molecule is CCOC(=O)C1=C(C)N=c2s/c(=C/c3ccc(OCC(N)=O)c(OCC)c3)c(=O)n2C1c1ccccc1OCC. The van der Waals surface area contributed by atoms with E-state index in [9.17, 15) is 14.4 Å². The van der Waals surface area contributed by atoms with E-state index in [1.165, 1.54) is 15.9 Å². The van der Waals surface area contributed by atoms with Gasteiger partial charge in [0.05, 0.1) is 35.6 Å². The fourth-order valence-electron chi connectivity index (χ4n) is 4.38. The van der Waals surface area contributed by atoms with Crippen molar-refractivity contribution in [1.82, 2.24) is 4.57 Å². The Hall–Kier alpha value is -4.38. The van der Waals surface area contributed by atoms with Crippen LogP contribution in [0.3, 0.4) is 0 Å². The van der Waals surface area contributed by atoms with Gasteiger partial charge in [0.2, 0.25) is 0 Å². The molecule has 10 nitrogen and oxygen atoms in total. The lowest BCUT2D eigenvalue weighted by Gasteiger charge is -2.26. The maximum Gasteiger partial charge on any atom is 0.338 e. The van der Waals surface area contributed by atoms with Gasteiger partial charge in [-0.2, -0.15) is 0 Å². The van der Waals surface area contributed by atoms with Gasteiger partial charge >= 0.3 is 5.97 Å². The standard InChI is InChI=1S/C29H31N3O7S/c1-5-36-20-11-9-8-10-19(20)26-25(28(35)38-7-3)17(4)31-29-32(26)27(34)23(40-29)15-18-12-13-21(39-16-24(30)33)22(14-18)37-6-2/h8-15,26H,5-7,16H2,1-4H3,(H2,30,33)/b23-15+. The van der Waals surface area contributed by atoms with E-state index in [2.05, 4.69) is 4.99 Å². The maximum absolute atomic E-state index is 13.9. The Morgan fingerprint density at radius 1 is 1.00 bits per heavy atom. The number of primary amides is 1. The van der Waals surface area contributed by atoms with Crippen molar-refractivity contribution in [3.63, 3.8) is 0 Å². The number of esters is 1. The molecule has 2 N–H and O–H groups in total. The van der Waals surface area contributed by atoms with Crippen LogP contribution >= 0.6 is 11.3 Å². The minimum absolute atomic E-state index is 0.182. The quantitative estimate of drug-likeness (QED) is 0.353. The van der Waals surface area contributed by atoms with Crippen molar-refractivity contribution in [1.29, 1.82) is 0 Å². The van der Waals surface area contributed by atoms with Crippen molar-refractivity contribution in [2.75, 3.05) is 26.4 Å². The van der Waals surface area contributed by atoms with Crippen molar-refractivity contribution in [2.45, 2.75) is 33.7 Å². The average Bonchev–Trinajstić information content (AvgIpc) is 3.22. The number of nitrogens with zero attached hydrogens (tertiary/aromatic N) is 2. The fourth-order valence-corrected chi connectivity index (χ4v) is 5.43. The molecule has 1 unspecified atom stereocenters. The molecular weight excluding hydrogens is 534 g/mol. The van der Waals surface area contributed by atoms with Crippen LogP contribution < -0.4 is 34.8 Å². The zero-order valence-corrected chi connectivity index (χ0v) is 23.6. The van der Waals surface area contributed by atoms with E-state index < -0.39 is 17.9 Å². The number of carbonyl (C=O) groups excluding carboxylic acids is 2. The van der Waals surface area contributed by atoms with E-state index in [0.29, 0.717) is 56.6 Å². The molecule has 1 amide bonds. The van der Waals surface area contributed by atoms with Gasteiger partial charge in [0.25, 0.3) is 11.5 Å². The molecule has 0 bridgehead atoms. The highest BCUT2D eigenvalue weighted by atomic mass is 32.1. The van der Waals surface area contributed by atoms with Crippen molar-refractivity contribution in [3.05, 3.63) is 84.5 Å². The molecule has 4 rings (SSSR count). The molecule has 11 heteroatoms. The molecule has 1 aromatic heterocycles. The minimum Gasteiger partial charge on any atom is -0.494 e. The summed E-state index contributed by atoms with van der Waals surface area (Å²) in [7, 11) is 0. The Bertz CT molecular complexity index is 1640. The monoisotopic (exact) mass is 565 g/mol. The number of hydrogen-bond acceptors (Lipinski definition) is 9. The molecule has 1 aliphatic rings. The molecule has 40 heavy (non-hydrogen) atoms. The molecule has 0 saturated carbocycles. The first-order chi connectivity index (χ1) is 19.3. The summed E-state index contributed by atoms with van der Waals surface area (Å²) in [5, 5.41) is 0. The zero-order chi connectivity index (χ0) is 28.8. The van der Waals surface area contributed by atoms with Crippen LogP contribution in [0, 0.1) is 0 Å². The largest absolute Gasteiger partial charge is 0.494 e. The average molecular weight is 566 g/mol. The van der Waals surface area contributed by atoms with Gasteiger partial charge in [0.1, 0.15) is 11.8 Å². The number of allylic oxidation sites excluding steroid dienone is 1. The second-order valence-corrected chi connectivity index (χ2v) is 9.68. The van der Waals surface area contributed by atoms with Crippen molar-refractivity contribution >= 4 is 29.3 Å². The minimum atomic E-state index is -0.788. The number of aromatic nitrogens is 1. The third kappa shape index (κ3) is 5.94. The van der Waals surface area contributed by atoms with Crippen LogP contribution in [-0.2, 0) is 14.3 Å². The Balaban J connectivity index is 1.88. The lowest BCUT2D eigenvalue weighted by Crippen LogP contribution is -2.40. The summed E-state index contributed by atoms with van der Waals surface area (Å²) in [6, 6.07) is 11.6. The van der Waals surface area contributed by atoms with Crippen LogP contribution in [0.2, 0.25) is 0 Å². The molecule has 3 aromatic rings. The van der Waals surface area contributed by atoms with Crippen LogP contribution in [0.5, 0.6) is 17.2 Å². The summed E-state index contributed by atoms with van der Waals surface area (Å²) < 4.78 is 24.3. The Kier molecular flexibility index (Phi) is 9.05. The summed E-state index contributed by atoms with van der Waals surface area (Å²) in [4.78, 5) is 43.3. The number of carbonyl (C=O) groups is 2. The van der Waals surface area contributed by atoms with E-state index in [1.54, 1.807) is 38.1 Å². The first kappa shape index (κ1) is 28.6. The summed E-state index contributed by atoms with van der Waals surface area (Å²) in [6.07, 6.45) is 1.72. The number of ether oxygens (including phenoxy) is 4. The third-order valence-corrected chi connectivity index (χ3v) is 6.95. The number of para-hydroxylation sites is 1. The maximum atomic E-state index is 13.9. The third-order valence-electron chi connectivity index (χ3n) is 5.97. The number of nitrogens with two attached hydrogens (primary N) is 1. The van der Waals surface area contributed by atoms with Gasteiger partial charge in [0.15, 0.2) is 22.9 Å². The predicted molar refractivity (Wildman–Crippen MR) is 150 cm³/mol. The van der Waals surface area contributed by atoms with Crippen LogP contribution in [0.1, 0.15) is 44.9 Å². The molecule has 0 aliphatic carbocycles. The van der Waals surface area contributed by atoms with Crippen LogP contribution in [0.4, 0.5) is 0 Å². The van der Waals surface area contributed by atoms with Gasteiger partial charge in [-0.05, 0) is 57.5 Å². The Morgan fingerprint density at radius 2 is 1.73 bits per heavy atom. The molecule has 210 valence electrons. The van der Waals surface area contributed by atoms with E-state index in [-0.39, 0.29) is 24.3 Å². The number of thiazole rings is 1. The van der Waals surface area contributed by atoms with Gasteiger partial charge in [-0.3, -0.25) is 14.2 Å². The molecule has 1 atom stereocenters. The molecular formula is C29H31N3O7S. The molecule has 0 saturated heterocycles. The summed E-state index contributed by atoms with van der Waals surface area (Å²) in [6.45, 7) is 7.84. The van der Waals surface area contributed by atoms with Gasteiger partial charge in [-0.25, -0.2) is 9.79 Å². The van der Waals surface area contributed by atoms with E-state index in [1.807, 2.05) is 38.1 Å². The lowest BCUT2D eigenvalue weighted by molar-refractivity contribution is -0.139. The zero-order valence-electron chi connectivity index (χ0n) is 22.8. The van der Waals surface area contributed by atoms with Gasteiger partial charge in [0, 0.05) is 5.56 Å². The highest BCUT2D eigenvalue weighted by Crippen LogP contribution is 2.36. The van der Waals surface area contributed by atoms with Crippen LogP contribution in [0.25, 0.3) is 6.08 Å². The number of rotatable bonds is 11. The molecule has 1 aliphatic heterocycles. The van der Waals surface area contributed by atoms with Gasteiger partial charge in [-0.15, -0.1) is 0 Å². The highest BCUT2D eigenvalue weighted by molar-refractivity contribution is 7.07. The smallest absolute Gasteiger partial charge is 0.338 e. The normalized spacial score (nSPS) is 14.8. The molecule has 2 aromatic carbocycles. The van der Waals surface area contributed by atoms with E-state index in [4.69, 9.17) is 24.7 Å². The number of fused-ring (bicyclic) bond motifs is 1. The van der Waals surface area contributed by atoms with Gasteiger partial charge in [-0.1, -0.05) is 35.6 Å². The van der Waals surface area contributed by atoms with Crippen molar-refractivity contribution < 1.29 is 28.5 Å². The van der Waals surface area contributed by atoms with Crippen LogP contribution in [-0.4, -0.2) is 42.9 Å². The predicted octanol–water partition coefficient (Wildman–Crippen LogP) is 2.46. The first-order valence-corrected chi connectivity index (χ1v) is 13.7. The Labute approximate surface area is 235 Å². The molecule has 0 fully saturated rings. The molecule has 0 radical (unpaired) electrons. The van der Waals surface area contributed by atoms with E-state index >= 15 is 0 Å². The van der Waals surface area contributed by atoms with Crippen molar-refractivity contribution in [3.8, 4) is 17.2 Å². The first-order valence-electron chi connectivity index (χ1n) is 12.9. The second kappa shape index (κ2) is 12.6. The van der Waals surface area contributed by atoms with Crippen molar-refractivity contribution in [2.24, 2.45) is 10.7 Å². The Morgan fingerprint density at radius 3 is 2.42 bits per heavy atom. The lowest BCUT2D eigenvalue weighted by atomic mass is 9.95. The number of hydrogen-bond donors (Lipinski definition) is 1. The topological polar surface area (TPSA) is 131 Å². The highest BCUT2D eigenvalue weighted by Gasteiger charge is 2.35.